The molecule has 0 aliphatic rings. The molecule has 0 saturated heterocycles. The van der Waals surface area contributed by atoms with Crippen molar-refractivity contribution >= 4 is 22.0 Å². The van der Waals surface area contributed by atoms with Crippen molar-refractivity contribution < 1.29 is 32.6 Å². The van der Waals surface area contributed by atoms with Crippen LogP contribution in [0.2, 0.25) is 0 Å². The number of hydrogen-bond acceptors (Lipinski definition) is 6. The number of nitrogens with one attached hydrogen (secondary N) is 1. The zero-order valence-electron chi connectivity index (χ0n) is 12.2. The van der Waals surface area contributed by atoms with Gasteiger partial charge in [-0.25, -0.2) is 17.9 Å². The van der Waals surface area contributed by atoms with Crippen LogP contribution in [0.15, 0.2) is 23.1 Å². The summed E-state index contributed by atoms with van der Waals surface area (Å²) in [5.74, 6) is -1.57. The van der Waals surface area contributed by atoms with Gasteiger partial charge in [-0.1, -0.05) is 0 Å². The third-order valence-electron chi connectivity index (χ3n) is 2.75. The SMILES string of the molecule is COC(=O)c1ccc(S(=O)(=O)NCCCC(=O)O)cc1OC. The average Bonchev–Trinajstić information content (AvgIpc) is 2.50. The van der Waals surface area contributed by atoms with Gasteiger partial charge in [-0.2, -0.15) is 0 Å². The van der Waals surface area contributed by atoms with Gasteiger partial charge in [-0.3, -0.25) is 4.79 Å². The number of esters is 1. The predicted molar refractivity (Wildman–Crippen MR) is 76.4 cm³/mol. The Balaban J connectivity index is 2.91. The minimum Gasteiger partial charge on any atom is -0.496 e. The van der Waals surface area contributed by atoms with Crippen molar-refractivity contribution in [3.63, 3.8) is 0 Å². The predicted octanol–water partition coefficient (Wildman–Crippen LogP) is 0.625. The Hall–Kier alpha value is -2.13. The number of rotatable bonds is 8. The fourth-order valence-electron chi connectivity index (χ4n) is 1.65. The summed E-state index contributed by atoms with van der Waals surface area (Å²) in [6.07, 6.45) is 0.0407. The fraction of sp³-hybridized carbons (Fsp3) is 0.385. The van der Waals surface area contributed by atoms with E-state index >= 15 is 0 Å². The Labute approximate surface area is 128 Å². The van der Waals surface area contributed by atoms with Crippen molar-refractivity contribution in [1.29, 1.82) is 0 Å². The molecule has 0 aliphatic carbocycles. The zero-order chi connectivity index (χ0) is 16.8. The first-order valence-electron chi connectivity index (χ1n) is 6.29. The third kappa shape index (κ3) is 4.71. The third-order valence-corrected chi connectivity index (χ3v) is 4.21. The van der Waals surface area contributed by atoms with Gasteiger partial charge in [-0.15, -0.1) is 0 Å². The minimum atomic E-state index is -3.82. The summed E-state index contributed by atoms with van der Waals surface area (Å²) in [4.78, 5) is 21.8. The van der Waals surface area contributed by atoms with Crippen LogP contribution in [0.4, 0.5) is 0 Å². The van der Waals surface area contributed by atoms with E-state index in [9.17, 15) is 18.0 Å². The van der Waals surface area contributed by atoms with E-state index in [-0.39, 0.29) is 35.6 Å². The van der Waals surface area contributed by atoms with Crippen LogP contribution in [0.3, 0.4) is 0 Å². The van der Waals surface area contributed by atoms with Crippen molar-refractivity contribution in [2.24, 2.45) is 0 Å². The molecule has 0 aromatic heterocycles. The second-order valence-corrected chi connectivity index (χ2v) is 6.02. The Bertz CT molecular complexity index is 654. The second kappa shape index (κ2) is 7.76. The van der Waals surface area contributed by atoms with Crippen LogP contribution in [-0.2, 0) is 19.6 Å². The van der Waals surface area contributed by atoms with Gasteiger partial charge in [0.25, 0.3) is 0 Å². The number of benzene rings is 1. The average molecular weight is 331 g/mol. The van der Waals surface area contributed by atoms with Gasteiger partial charge in [0.2, 0.25) is 10.0 Å². The molecule has 1 aromatic carbocycles. The van der Waals surface area contributed by atoms with Crippen LogP contribution in [0.1, 0.15) is 23.2 Å². The van der Waals surface area contributed by atoms with Gasteiger partial charge in [-0.05, 0) is 18.6 Å². The molecule has 0 heterocycles. The van der Waals surface area contributed by atoms with E-state index < -0.39 is 22.0 Å². The molecular weight excluding hydrogens is 314 g/mol. The van der Waals surface area contributed by atoms with E-state index in [0.717, 1.165) is 0 Å². The molecule has 8 nitrogen and oxygen atoms in total. The molecular formula is C13H17NO7S. The summed E-state index contributed by atoms with van der Waals surface area (Å²) >= 11 is 0. The lowest BCUT2D eigenvalue weighted by Crippen LogP contribution is -2.25. The van der Waals surface area contributed by atoms with E-state index in [2.05, 4.69) is 9.46 Å². The maximum absolute atomic E-state index is 12.1. The molecule has 1 rings (SSSR count). The first-order valence-corrected chi connectivity index (χ1v) is 7.78. The summed E-state index contributed by atoms with van der Waals surface area (Å²) in [5, 5.41) is 8.50. The van der Waals surface area contributed by atoms with Crippen LogP contribution in [0.5, 0.6) is 5.75 Å². The minimum absolute atomic E-state index is 0.00426. The normalized spacial score (nSPS) is 11.0. The molecule has 22 heavy (non-hydrogen) atoms. The Morgan fingerprint density at radius 3 is 2.50 bits per heavy atom. The van der Waals surface area contributed by atoms with Crippen molar-refractivity contribution in [2.45, 2.75) is 17.7 Å². The van der Waals surface area contributed by atoms with E-state index in [1.165, 1.54) is 32.4 Å². The number of ether oxygens (including phenoxy) is 2. The lowest BCUT2D eigenvalue weighted by Gasteiger charge is -2.10. The Morgan fingerprint density at radius 2 is 1.95 bits per heavy atom. The van der Waals surface area contributed by atoms with Crippen LogP contribution >= 0.6 is 0 Å². The van der Waals surface area contributed by atoms with Gasteiger partial charge < -0.3 is 14.6 Å². The van der Waals surface area contributed by atoms with Crippen LogP contribution in [0, 0.1) is 0 Å². The van der Waals surface area contributed by atoms with Gasteiger partial charge >= 0.3 is 11.9 Å². The number of methoxy groups -OCH3 is 2. The number of hydrogen-bond donors (Lipinski definition) is 2. The van der Waals surface area contributed by atoms with Crippen molar-refractivity contribution in [2.75, 3.05) is 20.8 Å². The maximum Gasteiger partial charge on any atom is 0.341 e. The first kappa shape index (κ1) is 17.9. The second-order valence-electron chi connectivity index (χ2n) is 4.25. The van der Waals surface area contributed by atoms with E-state index in [1.807, 2.05) is 0 Å². The highest BCUT2D eigenvalue weighted by Gasteiger charge is 2.19. The highest BCUT2D eigenvalue weighted by atomic mass is 32.2. The number of carboxylic acids is 1. The van der Waals surface area contributed by atoms with Crippen molar-refractivity contribution in [3.05, 3.63) is 23.8 Å². The topological polar surface area (TPSA) is 119 Å². The molecule has 0 spiro atoms. The quantitative estimate of drug-likeness (QED) is 0.529. The molecule has 0 fully saturated rings. The van der Waals surface area contributed by atoms with E-state index in [4.69, 9.17) is 9.84 Å². The zero-order valence-corrected chi connectivity index (χ0v) is 13.0. The largest absolute Gasteiger partial charge is 0.496 e. The fourth-order valence-corrected chi connectivity index (χ4v) is 2.74. The monoisotopic (exact) mass is 331 g/mol. The smallest absolute Gasteiger partial charge is 0.341 e. The summed E-state index contributed by atoms with van der Waals surface area (Å²) < 4.78 is 36.0. The van der Waals surface area contributed by atoms with Gasteiger partial charge in [0.1, 0.15) is 11.3 Å². The molecule has 0 saturated carbocycles. The lowest BCUT2D eigenvalue weighted by molar-refractivity contribution is -0.137. The Kier molecular flexibility index (Phi) is 6.32. The van der Waals surface area contributed by atoms with Crippen LogP contribution < -0.4 is 9.46 Å². The van der Waals surface area contributed by atoms with Crippen LogP contribution in [0.25, 0.3) is 0 Å². The standard InChI is InChI=1S/C13H17NO7S/c1-20-11-8-9(5-6-10(11)13(17)21-2)22(18,19)14-7-3-4-12(15)16/h5-6,8,14H,3-4,7H2,1-2H3,(H,15,16). The van der Waals surface area contributed by atoms with E-state index in [1.54, 1.807) is 0 Å². The number of sulfonamides is 1. The molecule has 0 unspecified atom stereocenters. The number of aliphatic carboxylic acids is 1. The highest BCUT2D eigenvalue weighted by Crippen LogP contribution is 2.23. The number of carbonyl (C=O) groups is 2. The summed E-state index contributed by atoms with van der Waals surface area (Å²) in [6, 6.07) is 3.73. The lowest BCUT2D eigenvalue weighted by atomic mass is 10.2. The first-order chi connectivity index (χ1) is 10.3. The molecule has 122 valence electrons. The molecule has 0 aliphatic heterocycles. The van der Waals surface area contributed by atoms with E-state index in [0.29, 0.717) is 0 Å². The molecule has 9 heteroatoms. The number of carbonyl (C=O) groups excluding carboxylic acids is 1. The van der Waals surface area contributed by atoms with Crippen LogP contribution in [-0.4, -0.2) is 46.2 Å². The molecule has 2 N–H and O–H groups in total. The molecule has 0 atom stereocenters. The van der Waals surface area contributed by atoms with Crippen molar-refractivity contribution in [3.8, 4) is 5.75 Å². The highest BCUT2D eigenvalue weighted by molar-refractivity contribution is 7.89. The van der Waals surface area contributed by atoms with Gasteiger partial charge in [0.15, 0.2) is 0 Å². The van der Waals surface area contributed by atoms with Crippen molar-refractivity contribution in [1.82, 2.24) is 4.72 Å². The summed E-state index contributed by atoms with van der Waals surface area (Å²) in [7, 11) is -1.31. The summed E-state index contributed by atoms with van der Waals surface area (Å²) in [6.45, 7) is -0.00426. The molecule has 1 aromatic rings. The molecule has 0 amide bonds. The molecule has 0 radical (unpaired) electrons. The van der Waals surface area contributed by atoms with Gasteiger partial charge in [0.05, 0.1) is 19.1 Å². The number of carboxylic acid groups (broad SMARTS) is 1. The maximum atomic E-state index is 12.1. The van der Waals surface area contributed by atoms with Gasteiger partial charge in [0, 0.05) is 19.0 Å². The molecule has 0 bridgehead atoms. The summed E-state index contributed by atoms with van der Waals surface area (Å²) in [5.41, 5.74) is 0.106. The Morgan fingerprint density at radius 1 is 1.27 bits per heavy atom.